The number of hydrogen-bond donors (Lipinski definition) is 0. The van der Waals surface area contributed by atoms with Gasteiger partial charge >= 0.3 is 5.97 Å². The van der Waals surface area contributed by atoms with Crippen molar-refractivity contribution in [2.24, 2.45) is 5.92 Å². The third kappa shape index (κ3) is 7.44. The van der Waals surface area contributed by atoms with Crippen molar-refractivity contribution in [3.05, 3.63) is 71.8 Å². The Morgan fingerprint density at radius 1 is 0.929 bits per heavy atom. The van der Waals surface area contributed by atoms with Gasteiger partial charge < -0.3 is 4.74 Å². The van der Waals surface area contributed by atoms with Gasteiger partial charge in [0.15, 0.2) is 0 Å². The van der Waals surface area contributed by atoms with E-state index < -0.39 is 21.6 Å². The molecule has 0 aliphatic rings. The van der Waals surface area contributed by atoms with Crippen LogP contribution in [-0.2, 0) is 23.8 Å². The first kappa shape index (κ1) is 22.1. The first-order valence-corrected chi connectivity index (χ1v) is 11.0. The zero-order valence-corrected chi connectivity index (χ0v) is 17.6. The van der Waals surface area contributed by atoms with Crippen LogP contribution in [0.4, 0.5) is 0 Å². The summed E-state index contributed by atoms with van der Waals surface area (Å²) in [6.45, 7) is 5.31. The number of carbonyl (C=O) groups is 1. The molecule has 0 amide bonds. The Bertz CT molecular complexity index is 815. The van der Waals surface area contributed by atoms with Crippen molar-refractivity contribution in [3.63, 3.8) is 0 Å². The maximum absolute atomic E-state index is 12.5. The minimum absolute atomic E-state index is 0.0429. The Morgan fingerprint density at radius 3 is 1.79 bits per heavy atom. The molecule has 2 rings (SSSR count). The van der Waals surface area contributed by atoms with Gasteiger partial charge in [0.1, 0.15) is 5.60 Å². The van der Waals surface area contributed by atoms with Crippen molar-refractivity contribution in [3.8, 4) is 0 Å². The average molecular weight is 405 g/mol. The van der Waals surface area contributed by atoms with E-state index in [9.17, 15) is 13.2 Å². The second-order valence-corrected chi connectivity index (χ2v) is 9.48. The van der Waals surface area contributed by atoms with Gasteiger partial charge in [-0.05, 0) is 31.9 Å². The first-order chi connectivity index (χ1) is 13.1. The highest BCUT2D eigenvalue weighted by molar-refractivity contribution is 7.85. The molecule has 0 aliphatic heterocycles. The number of ether oxygens (including phenoxy) is 1. The van der Waals surface area contributed by atoms with E-state index in [0.29, 0.717) is 0 Å². The molecule has 0 fully saturated rings. The molecule has 1 atom stereocenters. The Kier molecular flexibility index (Phi) is 7.38. The normalized spacial score (nSPS) is 13.3. The predicted molar refractivity (Wildman–Crippen MR) is 109 cm³/mol. The fourth-order valence-corrected chi connectivity index (χ4v) is 3.56. The Morgan fingerprint density at radius 2 is 1.39 bits per heavy atom. The summed E-state index contributed by atoms with van der Waals surface area (Å²) < 4.78 is 33.8. The molecule has 152 valence electrons. The van der Waals surface area contributed by atoms with Gasteiger partial charge in [0.05, 0.1) is 19.3 Å². The van der Waals surface area contributed by atoms with Crippen LogP contribution in [0.3, 0.4) is 0 Å². The molecule has 0 N–H and O–H groups in total. The number of benzene rings is 2. The van der Waals surface area contributed by atoms with E-state index in [-0.39, 0.29) is 24.9 Å². The van der Waals surface area contributed by atoms with Crippen LogP contribution in [0.2, 0.25) is 0 Å². The van der Waals surface area contributed by atoms with Gasteiger partial charge in [0.2, 0.25) is 0 Å². The highest BCUT2D eigenvalue weighted by Crippen LogP contribution is 2.35. The Labute approximate surface area is 167 Å². The van der Waals surface area contributed by atoms with Gasteiger partial charge in [-0.1, -0.05) is 60.7 Å². The van der Waals surface area contributed by atoms with Crippen LogP contribution in [0.15, 0.2) is 60.7 Å². The largest absolute Gasteiger partial charge is 0.460 e. The third-order valence-electron chi connectivity index (χ3n) is 4.13. The standard InChI is InChI=1S/C22H28O5S/c1-22(2,3)27-20(23)15-19(16-26-28(4,24)25)21(17-11-7-5-8-12-17)18-13-9-6-10-14-18/h5-14,19,21H,15-16H2,1-4H3/t19-/m1/s1. The summed E-state index contributed by atoms with van der Waals surface area (Å²) in [5.41, 5.74) is 1.35. The molecule has 28 heavy (non-hydrogen) atoms. The van der Waals surface area contributed by atoms with Crippen molar-refractivity contribution in [1.29, 1.82) is 0 Å². The topological polar surface area (TPSA) is 69.7 Å². The SMILES string of the molecule is CC(C)(C)OC(=O)C[C@H](COS(C)(=O)=O)C(c1ccccc1)c1ccccc1. The lowest BCUT2D eigenvalue weighted by Gasteiger charge is -2.28. The molecule has 0 saturated heterocycles. The van der Waals surface area contributed by atoms with E-state index in [2.05, 4.69) is 0 Å². The van der Waals surface area contributed by atoms with Gasteiger partial charge in [0.25, 0.3) is 10.1 Å². The maximum atomic E-state index is 12.5. The number of esters is 1. The highest BCUT2D eigenvalue weighted by Gasteiger charge is 2.30. The average Bonchev–Trinajstić information content (AvgIpc) is 2.59. The zero-order chi connectivity index (χ0) is 20.8. The number of hydrogen-bond acceptors (Lipinski definition) is 5. The molecule has 0 saturated carbocycles. The summed E-state index contributed by atoms with van der Waals surface area (Å²) in [6, 6.07) is 19.4. The smallest absolute Gasteiger partial charge is 0.306 e. The molecule has 0 aromatic heterocycles. The molecule has 0 bridgehead atoms. The molecule has 0 spiro atoms. The zero-order valence-electron chi connectivity index (χ0n) is 16.8. The molecular formula is C22H28O5S. The van der Waals surface area contributed by atoms with Gasteiger partial charge in [-0.25, -0.2) is 0 Å². The molecule has 5 nitrogen and oxygen atoms in total. The fraction of sp³-hybridized carbons (Fsp3) is 0.409. The summed E-state index contributed by atoms with van der Waals surface area (Å²) in [5.74, 6) is -1.00. The van der Waals surface area contributed by atoms with Crippen LogP contribution in [-0.4, -0.2) is 32.9 Å². The second-order valence-electron chi connectivity index (χ2n) is 7.84. The van der Waals surface area contributed by atoms with Crippen molar-refractivity contribution in [2.75, 3.05) is 12.9 Å². The van der Waals surface area contributed by atoms with Crippen LogP contribution in [0.25, 0.3) is 0 Å². The van der Waals surface area contributed by atoms with Gasteiger partial charge in [-0.2, -0.15) is 8.42 Å². The molecule has 0 unspecified atom stereocenters. The number of rotatable bonds is 8. The first-order valence-electron chi connectivity index (χ1n) is 9.21. The molecule has 6 heteroatoms. The van der Waals surface area contributed by atoms with Crippen molar-refractivity contribution in [1.82, 2.24) is 0 Å². The van der Waals surface area contributed by atoms with Crippen LogP contribution in [0, 0.1) is 5.92 Å². The molecule has 2 aromatic carbocycles. The predicted octanol–water partition coefficient (Wildman–Crippen LogP) is 4.14. The minimum Gasteiger partial charge on any atom is -0.460 e. The summed E-state index contributed by atoms with van der Waals surface area (Å²) in [7, 11) is -3.64. The summed E-state index contributed by atoms with van der Waals surface area (Å²) in [5, 5.41) is 0. The number of carbonyl (C=O) groups excluding carboxylic acids is 1. The van der Waals surface area contributed by atoms with Crippen LogP contribution in [0.1, 0.15) is 44.2 Å². The summed E-state index contributed by atoms with van der Waals surface area (Å²) in [4.78, 5) is 12.5. The minimum atomic E-state index is -3.64. The van der Waals surface area contributed by atoms with Crippen molar-refractivity contribution >= 4 is 16.1 Å². The van der Waals surface area contributed by atoms with Crippen LogP contribution < -0.4 is 0 Å². The quantitative estimate of drug-likeness (QED) is 0.488. The highest BCUT2D eigenvalue weighted by atomic mass is 32.2. The van der Waals surface area contributed by atoms with E-state index in [1.165, 1.54) is 0 Å². The van der Waals surface area contributed by atoms with E-state index in [1.807, 2.05) is 60.7 Å². The Balaban J connectivity index is 2.40. The van der Waals surface area contributed by atoms with Gasteiger partial charge in [-0.3, -0.25) is 8.98 Å². The second kappa shape index (κ2) is 9.34. The van der Waals surface area contributed by atoms with Crippen molar-refractivity contribution in [2.45, 2.75) is 38.7 Å². The van der Waals surface area contributed by atoms with E-state index in [1.54, 1.807) is 20.8 Å². The monoisotopic (exact) mass is 404 g/mol. The molecule has 2 aromatic rings. The summed E-state index contributed by atoms with van der Waals surface area (Å²) in [6.07, 6.45) is 1.05. The van der Waals surface area contributed by atoms with E-state index >= 15 is 0 Å². The third-order valence-corrected chi connectivity index (χ3v) is 4.70. The van der Waals surface area contributed by atoms with E-state index in [4.69, 9.17) is 8.92 Å². The van der Waals surface area contributed by atoms with Crippen LogP contribution in [0.5, 0.6) is 0 Å². The fourth-order valence-electron chi connectivity index (χ4n) is 3.14. The van der Waals surface area contributed by atoms with Crippen LogP contribution >= 0.6 is 0 Å². The van der Waals surface area contributed by atoms with Crippen molar-refractivity contribution < 1.29 is 22.1 Å². The molecule has 0 heterocycles. The molecule has 0 aliphatic carbocycles. The molecule has 0 radical (unpaired) electrons. The lowest BCUT2D eigenvalue weighted by Crippen LogP contribution is -2.29. The Hall–Kier alpha value is -2.18. The maximum Gasteiger partial charge on any atom is 0.306 e. The lowest BCUT2D eigenvalue weighted by atomic mass is 9.79. The lowest BCUT2D eigenvalue weighted by molar-refractivity contribution is -0.156. The molecular weight excluding hydrogens is 376 g/mol. The van der Waals surface area contributed by atoms with Gasteiger partial charge in [-0.15, -0.1) is 0 Å². The summed E-state index contributed by atoms with van der Waals surface area (Å²) >= 11 is 0. The van der Waals surface area contributed by atoms with Gasteiger partial charge in [0, 0.05) is 11.8 Å². The van der Waals surface area contributed by atoms with E-state index in [0.717, 1.165) is 17.4 Å².